The highest BCUT2D eigenvalue weighted by atomic mass is 32.2. The maximum atomic E-state index is 15.3. The number of ketones is 1. The zero-order valence-corrected chi connectivity index (χ0v) is 31.1. The molecule has 6 rings (SSSR count). The van der Waals surface area contributed by atoms with Gasteiger partial charge in [-0.2, -0.15) is 0 Å². The van der Waals surface area contributed by atoms with Gasteiger partial charge in [0.15, 0.2) is 9.84 Å². The quantitative estimate of drug-likeness (QED) is 0.167. The molecule has 7 N–H and O–H groups in total. The van der Waals surface area contributed by atoms with Gasteiger partial charge in [0, 0.05) is 23.9 Å². The van der Waals surface area contributed by atoms with E-state index in [-0.39, 0.29) is 41.9 Å². The number of carbonyl (C=O) groups is 5. The van der Waals surface area contributed by atoms with Crippen LogP contribution < -0.4 is 22.3 Å². The monoisotopic (exact) mass is 766 g/mol. The van der Waals surface area contributed by atoms with Crippen molar-refractivity contribution in [2.45, 2.75) is 101 Å². The number of nitrogens with two attached hydrogens (primary N) is 2. The minimum Gasteiger partial charge on any atom is -0.384 e. The summed E-state index contributed by atoms with van der Waals surface area (Å²) in [4.78, 5) is 85.4. The van der Waals surface area contributed by atoms with Crippen molar-refractivity contribution < 1.29 is 37.5 Å². The number of nitrogens with one attached hydrogen (secondary N) is 2. The molecule has 3 atom stereocenters. The molecule has 290 valence electrons. The zero-order valence-electron chi connectivity index (χ0n) is 30.2. The number of aliphatic hydroxyl groups is 1. The second-order valence-corrected chi connectivity index (χ2v) is 17.7. The molecule has 3 aromatic rings. The summed E-state index contributed by atoms with van der Waals surface area (Å²) in [5.41, 5.74) is 7.66. The Balaban J connectivity index is 1.47. The average Bonchev–Trinajstić information content (AvgIpc) is 3.80. The number of hydrogen-bond acceptors (Lipinski definition) is 11. The first-order valence-corrected chi connectivity index (χ1v) is 20.0. The van der Waals surface area contributed by atoms with Crippen LogP contribution in [-0.4, -0.2) is 97.4 Å². The molecule has 2 aromatic heterocycles. The number of nitrogens with zero attached hydrogens (tertiary/aromatic N) is 4. The van der Waals surface area contributed by atoms with E-state index >= 15 is 4.79 Å². The lowest BCUT2D eigenvalue weighted by Crippen LogP contribution is -2.64. The van der Waals surface area contributed by atoms with Crippen molar-refractivity contribution >= 4 is 50.0 Å². The predicted molar refractivity (Wildman–Crippen MR) is 194 cm³/mol. The average molecular weight is 767 g/mol. The molecule has 3 aliphatic rings. The number of hydrogen-bond donors (Lipinski definition) is 5. The number of pyridine rings is 1. The van der Waals surface area contributed by atoms with Gasteiger partial charge in [0.25, 0.3) is 17.4 Å². The Morgan fingerprint density at radius 2 is 1.70 bits per heavy atom. The number of likely N-dealkylation sites (tertiary alicyclic amines) is 1. The van der Waals surface area contributed by atoms with Gasteiger partial charge in [-0.05, 0) is 50.5 Å². The lowest BCUT2D eigenvalue weighted by molar-refractivity contribution is -0.145. The predicted octanol–water partition coefficient (Wildman–Crippen LogP) is 0.460. The van der Waals surface area contributed by atoms with Crippen LogP contribution in [0.4, 0.5) is 0 Å². The van der Waals surface area contributed by atoms with Crippen LogP contribution in [0.2, 0.25) is 0 Å². The van der Waals surface area contributed by atoms with Gasteiger partial charge in [-0.15, -0.1) is 5.10 Å². The number of Topliss-reactive ketones (excluding diaryl/α,β-unsaturated/α-hetero) is 1. The summed E-state index contributed by atoms with van der Waals surface area (Å²) in [5.74, 6) is -6.81. The molecule has 0 radical (unpaired) electrons. The molecule has 4 heterocycles. The zero-order chi connectivity index (χ0) is 39.2. The first kappa shape index (κ1) is 38.7. The normalized spacial score (nSPS) is 22.1. The first-order chi connectivity index (χ1) is 25.4. The van der Waals surface area contributed by atoms with Crippen molar-refractivity contribution in [2.24, 2.45) is 17.4 Å². The van der Waals surface area contributed by atoms with Crippen molar-refractivity contribution in [1.29, 1.82) is 0 Å². The summed E-state index contributed by atoms with van der Waals surface area (Å²) in [7, 11) is -3.56. The topological polar surface area (TPSA) is 271 Å². The fourth-order valence-electron chi connectivity index (χ4n) is 8.44. The molecule has 1 saturated carbocycles. The van der Waals surface area contributed by atoms with Crippen LogP contribution in [0.15, 0.2) is 35.3 Å². The molecule has 0 spiro atoms. The van der Waals surface area contributed by atoms with E-state index in [1.165, 1.54) is 29.6 Å². The Bertz CT molecular complexity index is 2150. The third-order valence-corrected chi connectivity index (χ3v) is 12.9. The molecule has 1 aliphatic carbocycles. The Morgan fingerprint density at radius 3 is 2.31 bits per heavy atom. The molecule has 18 heteroatoms. The highest BCUT2D eigenvalue weighted by Gasteiger charge is 2.51. The second-order valence-electron chi connectivity index (χ2n) is 15.4. The molecule has 54 heavy (non-hydrogen) atoms. The van der Waals surface area contributed by atoms with E-state index in [1.54, 1.807) is 24.3 Å². The number of carbonyl (C=O) groups excluding carboxylic acids is 5. The molecule has 17 nitrogen and oxygen atoms in total. The van der Waals surface area contributed by atoms with E-state index in [0.29, 0.717) is 11.1 Å². The van der Waals surface area contributed by atoms with Gasteiger partial charge in [0.2, 0.25) is 17.6 Å². The lowest BCUT2D eigenvalue weighted by atomic mass is 9.78. The van der Waals surface area contributed by atoms with Crippen LogP contribution in [0, 0.1) is 5.92 Å². The summed E-state index contributed by atoms with van der Waals surface area (Å²) in [6, 6.07) is 4.54. The molecular formula is C36H46N8O9S. The molecular weight excluding hydrogens is 721 g/mol. The number of H-pyrrole nitrogens is 1. The number of amides is 4. The lowest BCUT2D eigenvalue weighted by Gasteiger charge is -2.37. The van der Waals surface area contributed by atoms with Crippen molar-refractivity contribution in [3.05, 3.63) is 57.8 Å². The summed E-state index contributed by atoms with van der Waals surface area (Å²) in [6.45, 7) is 2.95. The summed E-state index contributed by atoms with van der Waals surface area (Å²) < 4.78 is 26.2. The number of aromatic nitrogens is 4. The van der Waals surface area contributed by atoms with Crippen LogP contribution in [0.5, 0.6) is 0 Å². The van der Waals surface area contributed by atoms with Gasteiger partial charge < -0.3 is 31.8 Å². The van der Waals surface area contributed by atoms with Crippen LogP contribution in [0.1, 0.15) is 105 Å². The smallest absolute Gasteiger partial charge is 0.287 e. The Morgan fingerprint density at radius 1 is 1.06 bits per heavy atom. The highest BCUT2D eigenvalue weighted by Crippen LogP contribution is 2.41. The van der Waals surface area contributed by atoms with Crippen LogP contribution in [0.25, 0.3) is 10.8 Å². The van der Waals surface area contributed by atoms with Crippen LogP contribution in [0.3, 0.4) is 0 Å². The largest absolute Gasteiger partial charge is 0.384 e. The number of sulfone groups is 1. The molecule has 0 unspecified atom stereocenters. The van der Waals surface area contributed by atoms with Gasteiger partial charge in [0.1, 0.15) is 22.9 Å². The minimum atomic E-state index is -3.56. The minimum absolute atomic E-state index is 0.0579. The van der Waals surface area contributed by atoms with Crippen molar-refractivity contribution in [3.8, 4) is 0 Å². The third kappa shape index (κ3) is 7.53. The number of benzene rings is 1. The Labute approximate surface area is 311 Å². The van der Waals surface area contributed by atoms with E-state index in [9.17, 15) is 37.5 Å². The molecule has 3 fully saturated rings. The number of primary amides is 2. The fraction of sp³-hybridized carbons (Fsp3) is 0.556. The van der Waals surface area contributed by atoms with E-state index in [0.717, 1.165) is 32.1 Å². The maximum absolute atomic E-state index is 15.3. The second kappa shape index (κ2) is 14.7. The number of rotatable bonds is 11. The van der Waals surface area contributed by atoms with E-state index in [4.69, 9.17) is 11.5 Å². The van der Waals surface area contributed by atoms with Gasteiger partial charge in [-0.25, -0.2) is 13.1 Å². The van der Waals surface area contributed by atoms with Crippen LogP contribution >= 0.6 is 0 Å². The molecule has 0 bridgehead atoms. The van der Waals surface area contributed by atoms with Crippen molar-refractivity contribution in [3.63, 3.8) is 0 Å². The van der Waals surface area contributed by atoms with Gasteiger partial charge in [-0.3, -0.25) is 28.8 Å². The number of fused-ring (bicyclic) bond motifs is 1. The first-order valence-electron chi connectivity index (χ1n) is 18.2. The van der Waals surface area contributed by atoms with E-state index in [2.05, 4.69) is 20.6 Å². The van der Waals surface area contributed by atoms with Crippen LogP contribution in [-0.2, 0) is 34.6 Å². The highest BCUT2D eigenvalue weighted by molar-refractivity contribution is 7.91. The molecule has 2 aliphatic heterocycles. The maximum Gasteiger partial charge on any atom is 0.287 e. The fourth-order valence-corrected chi connectivity index (χ4v) is 9.96. The van der Waals surface area contributed by atoms with Crippen molar-refractivity contribution in [2.75, 3.05) is 18.1 Å². The van der Waals surface area contributed by atoms with Crippen molar-refractivity contribution in [1.82, 2.24) is 30.2 Å². The van der Waals surface area contributed by atoms with Gasteiger partial charge in [0.05, 0.1) is 35.4 Å². The summed E-state index contributed by atoms with van der Waals surface area (Å²) in [5, 5.41) is 22.4. The molecule has 4 amide bonds. The molecule has 2 saturated heterocycles. The van der Waals surface area contributed by atoms with E-state index in [1.807, 2.05) is 0 Å². The molecule has 1 aromatic carbocycles. The summed E-state index contributed by atoms with van der Waals surface area (Å²) >= 11 is 0. The van der Waals surface area contributed by atoms with Gasteiger partial charge >= 0.3 is 0 Å². The summed E-state index contributed by atoms with van der Waals surface area (Å²) in [6.07, 6.45) is 5.33. The number of aromatic amines is 1. The third-order valence-electron chi connectivity index (χ3n) is 11.3. The van der Waals surface area contributed by atoms with Gasteiger partial charge in [-0.1, -0.05) is 55.5 Å². The standard InChI is InChI=1S/C36H46N8O9S/c1-35(2,51)26-18-39-42-44(26)21-17-25(33(49)41-36(29(45)31(38)47)12-14-54(52,53)15-13-36)43(19-21)34(50)24(16-20-8-4-3-5-9-20)27-22-10-6-7-11-23(22)32(48)40-28(27)30(37)46/h6-7,10-11,18,20-21,24-25,51H,3-5,8-9,12-17,19H2,1-2H3,(H2,37,46)(H2,38,47)(H,40,48)(H,41,49)/t21-,24+,25-/m0/s1. The Hall–Kier alpha value is -4.97. The Kier molecular flexibility index (Phi) is 10.5. The SMILES string of the molecule is CC(C)(O)c1cnnn1[C@H]1C[C@@H](C(=O)NC2(C(=O)C(N)=O)CCS(=O)(=O)CC2)N(C(=O)[C@H](CC2CCCCC2)c2c(C(N)=O)[nH]c(=O)c3ccccc23)C1. The van der Waals surface area contributed by atoms with E-state index < -0.39 is 98.3 Å².